The van der Waals surface area contributed by atoms with E-state index < -0.39 is 0 Å². The number of ether oxygens (including phenoxy) is 2. The second kappa shape index (κ2) is 9.43. The zero-order valence-corrected chi connectivity index (χ0v) is 12.9. The van der Waals surface area contributed by atoms with Gasteiger partial charge in [0.05, 0.1) is 23.3 Å². The molecule has 0 aliphatic heterocycles. The van der Waals surface area contributed by atoms with Gasteiger partial charge in [0.15, 0.2) is 0 Å². The van der Waals surface area contributed by atoms with Crippen LogP contribution in [0.4, 0.5) is 0 Å². The summed E-state index contributed by atoms with van der Waals surface area (Å²) in [6, 6.07) is 5.75. The second-order valence-electron chi connectivity index (χ2n) is 4.30. The quantitative estimate of drug-likeness (QED) is 0.704. The average Bonchev–Trinajstić information content (AvgIpc) is 2.41. The van der Waals surface area contributed by atoms with Gasteiger partial charge in [-0.15, -0.1) is 0 Å². The molecule has 0 spiro atoms. The standard InChI is InChI=1S/C14H21Cl2NO2/c1-3-11(2)17-6-7-18-8-9-19-12-4-5-13(15)14(16)10-12/h4-5,10-11,17H,3,6-9H2,1-2H3/t11-/m0/s1. The zero-order valence-electron chi connectivity index (χ0n) is 11.4. The van der Waals surface area contributed by atoms with Crippen molar-refractivity contribution in [3.8, 4) is 5.75 Å². The van der Waals surface area contributed by atoms with Gasteiger partial charge in [0, 0.05) is 18.7 Å². The maximum absolute atomic E-state index is 5.89. The molecule has 3 nitrogen and oxygen atoms in total. The molecule has 1 aromatic carbocycles. The van der Waals surface area contributed by atoms with Gasteiger partial charge in [0.2, 0.25) is 0 Å². The van der Waals surface area contributed by atoms with Crippen LogP contribution in [0.5, 0.6) is 5.75 Å². The molecule has 19 heavy (non-hydrogen) atoms. The van der Waals surface area contributed by atoms with Gasteiger partial charge in [-0.2, -0.15) is 0 Å². The van der Waals surface area contributed by atoms with Crippen molar-refractivity contribution >= 4 is 23.2 Å². The Balaban J connectivity index is 2.06. The summed E-state index contributed by atoms with van der Waals surface area (Å²) in [4.78, 5) is 0. The fraction of sp³-hybridized carbons (Fsp3) is 0.571. The Bertz CT molecular complexity index is 374. The Hall–Kier alpha value is -0.480. The van der Waals surface area contributed by atoms with Gasteiger partial charge in [-0.05, 0) is 25.5 Å². The molecule has 0 heterocycles. The van der Waals surface area contributed by atoms with Crippen LogP contribution in [0.15, 0.2) is 18.2 Å². The molecule has 108 valence electrons. The highest BCUT2D eigenvalue weighted by Gasteiger charge is 2.00. The average molecular weight is 306 g/mol. The maximum atomic E-state index is 5.89. The van der Waals surface area contributed by atoms with Crippen LogP contribution in [-0.4, -0.2) is 32.4 Å². The molecule has 1 aromatic rings. The van der Waals surface area contributed by atoms with Crippen LogP contribution in [0.3, 0.4) is 0 Å². The molecule has 0 bridgehead atoms. The smallest absolute Gasteiger partial charge is 0.121 e. The molecule has 0 unspecified atom stereocenters. The van der Waals surface area contributed by atoms with E-state index in [1.165, 1.54) is 0 Å². The number of hydrogen-bond donors (Lipinski definition) is 1. The van der Waals surface area contributed by atoms with Gasteiger partial charge >= 0.3 is 0 Å². The molecular weight excluding hydrogens is 285 g/mol. The van der Waals surface area contributed by atoms with Gasteiger partial charge in [0.25, 0.3) is 0 Å². The highest BCUT2D eigenvalue weighted by molar-refractivity contribution is 6.42. The molecule has 0 fully saturated rings. The Morgan fingerprint density at radius 1 is 1.16 bits per heavy atom. The lowest BCUT2D eigenvalue weighted by Gasteiger charge is -2.11. The van der Waals surface area contributed by atoms with Crippen LogP contribution >= 0.6 is 23.2 Å². The maximum Gasteiger partial charge on any atom is 0.121 e. The summed E-state index contributed by atoms with van der Waals surface area (Å²) >= 11 is 11.7. The molecule has 0 aromatic heterocycles. The van der Waals surface area contributed by atoms with E-state index in [1.54, 1.807) is 18.2 Å². The lowest BCUT2D eigenvalue weighted by Crippen LogP contribution is -2.29. The second-order valence-corrected chi connectivity index (χ2v) is 5.11. The van der Waals surface area contributed by atoms with Crippen LogP contribution in [-0.2, 0) is 4.74 Å². The SMILES string of the molecule is CC[C@H](C)NCCOCCOc1ccc(Cl)c(Cl)c1. The van der Waals surface area contributed by atoms with Crippen molar-refractivity contribution < 1.29 is 9.47 Å². The largest absolute Gasteiger partial charge is 0.491 e. The van der Waals surface area contributed by atoms with E-state index in [4.69, 9.17) is 32.7 Å². The van der Waals surface area contributed by atoms with Gasteiger partial charge in [-0.3, -0.25) is 0 Å². The van der Waals surface area contributed by atoms with Crippen LogP contribution < -0.4 is 10.1 Å². The Morgan fingerprint density at radius 3 is 2.63 bits per heavy atom. The molecule has 1 atom stereocenters. The predicted molar refractivity (Wildman–Crippen MR) is 80.5 cm³/mol. The molecule has 5 heteroatoms. The summed E-state index contributed by atoms with van der Waals surface area (Å²) in [5.41, 5.74) is 0. The van der Waals surface area contributed by atoms with Gasteiger partial charge in [-0.1, -0.05) is 30.1 Å². The first-order valence-corrected chi connectivity index (χ1v) is 7.28. The molecule has 0 saturated heterocycles. The van der Waals surface area contributed by atoms with Crippen molar-refractivity contribution in [1.82, 2.24) is 5.32 Å². The van der Waals surface area contributed by atoms with E-state index >= 15 is 0 Å². The molecule has 0 aliphatic carbocycles. The minimum absolute atomic E-state index is 0.498. The number of benzene rings is 1. The zero-order chi connectivity index (χ0) is 14.1. The fourth-order valence-corrected chi connectivity index (χ4v) is 1.70. The normalized spacial score (nSPS) is 12.4. The molecular formula is C14H21Cl2NO2. The van der Waals surface area contributed by atoms with Gasteiger partial charge < -0.3 is 14.8 Å². The molecule has 1 rings (SSSR count). The number of hydrogen-bond acceptors (Lipinski definition) is 3. The lowest BCUT2D eigenvalue weighted by atomic mass is 10.3. The van der Waals surface area contributed by atoms with E-state index in [0.717, 1.165) is 13.0 Å². The summed E-state index contributed by atoms with van der Waals surface area (Å²) in [5.74, 6) is 0.704. The van der Waals surface area contributed by atoms with Crippen molar-refractivity contribution in [2.75, 3.05) is 26.4 Å². The van der Waals surface area contributed by atoms with E-state index in [1.807, 2.05) is 0 Å². The Morgan fingerprint density at radius 2 is 1.95 bits per heavy atom. The third-order valence-corrected chi connectivity index (χ3v) is 3.48. The number of rotatable bonds is 9. The minimum atomic E-state index is 0.498. The van der Waals surface area contributed by atoms with Crippen molar-refractivity contribution in [2.24, 2.45) is 0 Å². The van der Waals surface area contributed by atoms with Crippen LogP contribution in [0.25, 0.3) is 0 Å². The van der Waals surface area contributed by atoms with Crippen molar-refractivity contribution in [2.45, 2.75) is 26.3 Å². The first kappa shape index (κ1) is 16.6. The lowest BCUT2D eigenvalue weighted by molar-refractivity contribution is 0.100. The summed E-state index contributed by atoms with van der Waals surface area (Å²) in [5, 5.41) is 4.38. The van der Waals surface area contributed by atoms with E-state index in [9.17, 15) is 0 Å². The first-order valence-electron chi connectivity index (χ1n) is 6.52. The first-order chi connectivity index (χ1) is 9.13. The highest BCUT2D eigenvalue weighted by Crippen LogP contribution is 2.26. The van der Waals surface area contributed by atoms with Crippen LogP contribution in [0.1, 0.15) is 20.3 Å². The number of nitrogens with one attached hydrogen (secondary N) is 1. The van der Waals surface area contributed by atoms with Gasteiger partial charge in [-0.25, -0.2) is 0 Å². The van der Waals surface area contributed by atoms with Gasteiger partial charge in [0.1, 0.15) is 12.4 Å². The minimum Gasteiger partial charge on any atom is -0.491 e. The van der Waals surface area contributed by atoms with E-state index in [-0.39, 0.29) is 0 Å². The topological polar surface area (TPSA) is 30.5 Å². The summed E-state index contributed by atoms with van der Waals surface area (Å²) in [6.07, 6.45) is 1.13. The third-order valence-electron chi connectivity index (χ3n) is 2.74. The van der Waals surface area contributed by atoms with E-state index in [0.29, 0.717) is 41.7 Å². The highest BCUT2D eigenvalue weighted by atomic mass is 35.5. The Kier molecular flexibility index (Phi) is 8.22. The molecule has 0 amide bonds. The molecule has 0 saturated carbocycles. The van der Waals surface area contributed by atoms with Crippen LogP contribution in [0, 0.1) is 0 Å². The van der Waals surface area contributed by atoms with E-state index in [2.05, 4.69) is 19.2 Å². The summed E-state index contributed by atoms with van der Waals surface area (Å²) in [7, 11) is 0. The summed E-state index contributed by atoms with van der Waals surface area (Å²) < 4.78 is 11.0. The Labute approximate surface area is 125 Å². The number of halogens is 2. The summed E-state index contributed by atoms with van der Waals surface area (Å²) in [6.45, 7) is 6.93. The monoisotopic (exact) mass is 305 g/mol. The fourth-order valence-electron chi connectivity index (χ4n) is 1.41. The molecule has 0 aliphatic rings. The van der Waals surface area contributed by atoms with Crippen molar-refractivity contribution in [1.29, 1.82) is 0 Å². The molecule has 1 N–H and O–H groups in total. The predicted octanol–water partition coefficient (Wildman–Crippen LogP) is 3.78. The third kappa shape index (κ3) is 7.02. The van der Waals surface area contributed by atoms with Crippen molar-refractivity contribution in [3.05, 3.63) is 28.2 Å². The molecule has 0 radical (unpaired) electrons. The van der Waals surface area contributed by atoms with Crippen molar-refractivity contribution in [3.63, 3.8) is 0 Å². The van der Waals surface area contributed by atoms with Crippen LogP contribution in [0.2, 0.25) is 10.0 Å².